The molecule has 1 aliphatic heterocycles. The monoisotopic (exact) mass is 431 g/mol. The molecule has 1 heterocycles. The van der Waals surface area contributed by atoms with Gasteiger partial charge in [0.15, 0.2) is 0 Å². The quantitative estimate of drug-likeness (QED) is 0.549. The summed E-state index contributed by atoms with van der Waals surface area (Å²) in [5, 5.41) is 10.5. The maximum absolute atomic E-state index is 12.7. The van der Waals surface area contributed by atoms with Crippen LogP contribution in [0.4, 0.5) is 0 Å². The first-order valence-electron chi connectivity index (χ1n) is 10.7. The molecule has 0 fully saturated rings. The van der Waals surface area contributed by atoms with Crippen molar-refractivity contribution in [1.29, 1.82) is 5.41 Å². The topological polar surface area (TPSA) is 85.7 Å². The summed E-state index contributed by atoms with van der Waals surface area (Å²) in [6.07, 6.45) is -0.0466. The van der Waals surface area contributed by atoms with Crippen molar-refractivity contribution >= 4 is 28.6 Å². The highest BCUT2D eigenvalue weighted by Crippen LogP contribution is 2.43. The van der Waals surface area contributed by atoms with Crippen LogP contribution in [0.5, 0.6) is 5.75 Å². The third-order valence-electron chi connectivity index (χ3n) is 5.65. The number of fused-ring (bicyclic) bond motifs is 2. The molecule has 0 saturated carbocycles. The van der Waals surface area contributed by atoms with E-state index >= 15 is 0 Å². The molecule has 3 aromatic carbocycles. The minimum Gasteiger partial charge on any atom is -0.466 e. The standard InChI is InChI=1S/C26H25NO5/c1-3-30-23(28)15-21-20-14-17(19-11-7-9-16-8-5-6-10-18(16)19)12-13-22(20)32-25(27)24(21)26(29)31-4-2/h5-14,21,24,27H,3-4,15H2,1-2H3. The normalized spacial score (nSPS) is 17.4. The predicted molar refractivity (Wildman–Crippen MR) is 122 cm³/mol. The summed E-state index contributed by atoms with van der Waals surface area (Å²) in [6, 6.07) is 19.9. The van der Waals surface area contributed by atoms with Crippen molar-refractivity contribution in [1.82, 2.24) is 0 Å². The summed E-state index contributed by atoms with van der Waals surface area (Å²) < 4.78 is 16.0. The van der Waals surface area contributed by atoms with Crippen LogP contribution >= 0.6 is 0 Å². The van der Waals surface area contributed by atoms with Crippen molar-refractivity contribution < 1.29 is 23.8 Å². The van der Waals surface area contributed by atoms with Crippen LogP contribution in [0.1, 0.15) is 31.7 Å². The molecule has 1 aliphatic rings. The number of rotatable bonds is 6. The molecule has 0 aromatic heterocycles. The number of hydrogen-bond donors (Lipinski definition) is 1. The number of benzene rings is 3. The third kappa shape index (κ3) is 4.08. The molecule has 1 N–H and O–H groups in total. The zero-order chi connectivity index (χ0) is 22.7. The molecule has 2 atom stereocenters. The van der Waals surface area contributed by atoms with E-state index in [-0.39, 0.29) is 25.5 Å². The number of esters is 2. The van der Waals surface area contributed by atoms with Crippen LogP contribution in [0.25, 0.3) is 21.9 Å². The van der Waals surface area contributed by atoms with Crippen molar-refractivity contribution in [2.45, 2.75) is 26.2 Å². The van der Waals surface area contributed by atoms with E-state index in [2.05, 4.69) is 18.2 Å². The highest BCUT2D eigenvalue weighted by molar-refractivity contribution is 6.01. The van der Waals surface area contributed by atoms with Gasteiger partial charge in [-0.05, 0) is 47.9 Å². The average molecular weight is 431 g/mol. The van der Waals surface area contributed by atoms with E-state index in [1.807, 2.05) is 36.4 Å². The van der Waals surface area contributed by atoms with E-state index in [9.17, 15) is 9.59 Å². The fourth-order valence-corrected chi connectivity index (χ4v) is 4.25. The smallest absolute Gasteiger partial charge is 0.319 e. The summed E-state index contributed by atoms with van der Waals surface area (Å²) >= 11 is 0. The summed E-state index contributed by atoms with van der Waals surface area (Å²) in [6.45, 7) is 3.86. The molecule has 0 spiro atoms. The fourth-order valence-electron chi connectivity index (χ4n) is 4.25. The molecule has 2 unspecified atom stereocenters. The van der Waals surface area contributed by atoms with E-state index in [1.165, 1.54) is 0 Å². The Hall–Kier alpha value is -3.67. The molecule has 0 saturated heterocycles. The highest BCUT2D eigenvalue weighted by atomic mass is 16.5. The van der Waals surface area contributed by atoms with E-state index in [4.69, 9.17) is 19.6 Å². The molecule has 3 aromatic rings. The Labute approximate surface area is 186 Å². The second-order valence-electron chi connectivity index (χ2n) is 7.59. The lowest BCUT2D eigenvalue weighted by Crippen LogP contribution is -2.39. The van der Waals surface area contributed by atoms with Gasteiger partial charge in [0.2, 0.25) is 5.90 Å². The predicted octanol–water partition coefficient (Wildman–Crippen LogP) is 5.09. The van der Waals surface area contributed by atoms with E-state index in [0.717, 1.165) is 21.9 Å². The van der Waals surface area contributed by atoms with E-state index in [1.54, 1.807) is 19.9 Å². The fraction of sp³-hybridized carbons (Fsp3) is 0.269. The van der Waals surface area contributed by atoms with Gasteiger partial charge in [-0.3, -0.25) is 15.0 Å². The lowest BCUT2D eigenvalue weighted by Gasteiger charge is -2.32. The van der Waals surface area contributed by atoms with E-state index < -0.39 is 23.8 Å². The second kappa shape index (κ2) is 9.22. The van der Waals surface area contributed by atoms with E-state index in [0.29, 0.717) is 11.3 Å². The van der Waals surface area contributed by atoms with Crippen LogP contribution in [0.15, 0.2) is 60.7 Å². The number of carbonyl (C=O) groups is 2. The maximum Gasteiger partial charge on any atom is 0.319 e. The van der Waals surface area contributed by atoms with Gasteiger partial charge in [0.25, 0.3) is 0 Å². The Morgan fingerprint density at radius 2 is 1.72 bits per heavy atom. The van der Waals surface area contributed by atoms with Gasteiger partial charge in [-0.2, -0.15) is 0 Å². The molecular weight excluding hydrogens is 406 g/mol. The molecule has 0 aliphatic carbocycles. The van der Waals surface area contributed by atoms with Crippen molar-refractivity contribution in [3.63, 3.8) is 0 Å². The summed E-state index contributed by atoms with van der Waals surface area (Å²) in [5.41, 5.74) is 2.67. The highest BCUT2D eigenvalue weighted by Gasteiger charge is 2.42. The minimum absolute atomic E-state index is 0.0466. The zero-order valence-corrected chi connectivity index (χ0v) is 18.1. The number of ether oxygens (including phenoxy) is 3. The summed E-state index contributed by atoms with van der Waals surface area (Å²) in [4.78, 5) is 25.1. The van der Waals surface area contributed by atoms with Crippen molar-refractivity contribution in [2.75, 3.05) is 13.2 Å². The molecule has 164 valence electrons. The molecule has 4 rings (SSSR count). The third-order valence-corrected chi connectivity index (χ3v) is 5.65. The number of hydrogen-bond acceptors (Lipinski definition) is 6. The molecule has 32 heavy (non-hydrogen) atoms. The van der Waals surface area contributed by atoms with Crippen molar-refractivity contribution in [2.24, 2.45) is 5.92 Å². The molecule has 0 bridgehead atoms. The largest absolute Gasteiger partial charge is 0.466 e. The number of nitrogens with one attached hydrogen (secondary N) is 1. The molecule has 0 amide bonds. The Kier molecular flexibility index (Phi) is 6.21. The van der Waals surface area contributed by atoms with Gasteiger partial charge in [0, 0.05) is 11.5 Å². The van der Waals surface area contributed by atoms with Crippen LogP contribution in [-0.2, 0) is 19.1 Å². The first kappa shape index (κ1) is 21.6. The average Bonchev–Trinajstić information content (AvgIpc) is 2.79. The first-order chi connectivity index (χ1) is 15.5. The Bertz CT molecular complexity index is 1180. The van der Waals surface area contributed by atoms with Gasteiger partial charge in [0.05, 0.1) is 19.6 Å². The molecule has 0 radical (unpaired) electrons. The zero-order valence-electron chi connectivity index (χ0n) is 18.1. The number of carbonyl (C=O) groups excluding carboxylic acids is 2. The second-order valence-corrected chi connectivity index (χ2v) is 7.59. The first-order valence-corrected chi connectivity index (χ1v) is 10.7. The van der Waals surface area contributed by atoms with Gasteiger partial charge in [-0.15, -0.1) is 0 Å². The van der Waals surface area contributed by atoms with Crippen LogP contribution < -0.4 is 4.74 Å². The Balaban J connectivity index is 1.83. The molecule has 6 heteroatoms. The maximum atomic E-state index is 12.7. The van der Waals surface area contributed by atoms with Crippen LogP contribution in [0, 0.1) is 11.3 Å². The van der Waals surface area contributed by atoms with Crippen molar-refractivity contribution in [3.8, 4) is 16.9 Å². The SMILES string of the molecule is CCOC(=O)CC1c2cc(-c3cccc4ccccc34)ccc2OC(=N)C1C(=O)OCC. The molecular formula is C26H25NO5. The van der Waals surface area contributed by atoms with Gasteiger partial charge in [-0.1, -0.05) is 48.5 Å². The van der Waals surface area contributed by atoms with Crippen LogP contribution in [0.2, 0.25) is 0 Å². The Morgan fingerprint density at radius 3 is 2.50 bits per heavy atom. The lowest BCUT2D eigenvalue weighted by molar-refractivity contribution is -0.148. The minimum atomic E-state index is -1.00. The van der Waals surface area contributed by atoms with Crippen LogP contribution in [0.3, 0.4) is 0 Å². The summed E-state index contributed by atoms with van der Waals surface area (Å²) in [7, 11) is 0. The van der Waals surface area contributed by atoms with Crippen LogP contribution in [-0.4, -0.2) is 31.1 Å². The van der Waals surface area contributed by atoms with Gasteiger partial charge in [0.1, 0.15) is 11.7 Å². The van der Waals surface area contributed by atoms with Gasteiger partial charge < -0.3 is 14.2 Å². The Morgan fingerprint density at radius 1 is 0.969 bits per heavy atom. The summed E-state index contributed by atoms with van der Waals surface area (Å²) in [5.74, 6) is -2.37. The van der Waals surface area contributed by atoms with Gasteiger partial charge >= 0.3 is 11.9 Å². The molecule has 6 nitrogen and oxygen atoms in total. The lowest BCUT2D eigenvalue weighted by atomic mass is 9.79. The van der Waals surface area contributed by atoms with Gasteiger partial charge in [-0.25, -0.2) is 0 Å². The van der Waals surface area contributed by atoms with Crippen molar-refractivity contribution in [3.05, 3.63) is 66.2 Å².